The Morgan fingerprint density at radius 1 is 1.06 bits per heavy atom. The Hall–Kier alpha value is -2.80. The Labute approximate surface area is 209 Å². The maximum Gasteiger partial charge on any atom is 0.363 e. The standard InChI is InChI=1S/C25H18BrCl2NO4/c1-2-31-22-13-16(11-20(28)23(22)32-14-15-7-9-17(27)10-8-15)12-21-25(30)33-24(29-21)18-5-3-4-6-19(18)26/h3-13H,2,14H2,1H3/b21-12-. The van der Waals surface area contributed by atoms with Crippen molar-refractivity contribution < 1.29 is 19.0 Å². The molecule has 3 aromatic rings. The van der Waals surface area contributed by atoms with E-state index >= 15 is 0 Å². The molecular weight excluding hydrogens is 529 g/mol. The van der Waals surface area contributed by atoms with Crippen molar-refractivity contribution in [1.29, 1.82) is 0 Å². The van der Waals surface area contributed by atoms with Crippen LogP contribution in [0.15, 0.2) is 75.8 Å². The van der Waals surface area contributed by atoms with E-state index in [1.165, 1.54) is 0 Å². The fraction of sp³-hybridized carbons (Fsp3) is 0.120. The number of carbonyl (C=O) groups is 1. The number of nitrogens with zero attached hydrogens (tertiary/aromatic N) is 1. The third-order valence-corrected chi connectivity index (χ3v) is 5.88. The van der Waals surface area contributed by atoms with Gasteiger partial charge >= 0.3 is 5.97 Å². The molecule has 4 rings (SSSR count). The summed E-state index contributed by atoms with van der Waals surface area (Å²) in [4.78, 5) is 16.8. The third kappa shape index (κ3) is 5.58. The van der Waals surface area contributed by atoms with Crippen LogP contribution in [0.25, 0.3) is 6.08 Å². The largest absolute Gasteiger partial charge is 0.490 e. The van der Waals surface area contributed by atoms with E-state index in [9.17, 15) is 4.79 Å². The second kappa shape index (κ2) is 10.4. The van der Waals surface area contributed by atoms with Gasteiger partial charge in [-0.2, -0.15) is 0 Å². The lowest BCUT2D eigenvalue weighted by Gasteiger charge is -2.14. The summed E-state index contributed by atoms with van der Waals surface area (Å²) in [5, 5.41) is 1.00. The summed E-state index contributed by atoms with van der Waals surface area (Å²) < 4.78 is 17.8. The van der Waals surface area contributed by atoms with Crippen molar-refractivity contribution in [3.8, 4) is 11.5 Å². The lowest BCUT2D eigenvalue weighted by Crippen LogP contribution is -2.05. The van der Waals surface area contributed by atoms with E-state index < -0.39 is 5.97 Å². The number of aliphatic imine (C=N–C) groups is 1. The molecule has 0 atom stereocenters. The number of hydrogen-bond donors (Lipinski definition) is 0. The summed E-state index contributed by atoms with van der Waals surface area (Å²) >= 11 is 15.9. The predicted octanol–water partition coefficient (Wildman–Crippen LogP) is 7.08. The molecule has 1 aliphatic heterocycles. The normalized spacial score (nSPS) is 14.2. The zero-order valence-electron chi connectivity index (χ0n) is 17.5. The summed E-state index contributed by atoms with van der Waals surface area (Å²) in [5.74, 6) is 0.574. The number of esters is 1. The van der Waals surface area contributed by atoms with Crippen molar-refractivity contribution in [2.24, 2.45) is 4.99 Å². The van der Waals surface area contributed by atoms with Crippen molar-refractivity contribution >= 4 is 57.1 Å². The van der Waals surface area contributed by atoms with Gasteiger partial charge in [-0.05, 0) is 76.5 Å². The number of halogens is 3. The fourth-order valence-corrected chi connectivity index (χ4v) is 3.98. The van der Waals surface area contributed by atoms with Crippen molar-refractivity contribution in [2.75, 3.05) is 6.61 Å². The molecule has 0 aromatic heterocycles. The maximum absolute atomic E-state index is 12.4. The lowest BCUT2D eigenvalue weighted by atomic mass is 10.1. The molecule has 0 spiro atoms. The maximum atomic E-state index is 12.4. The first-order valence-electron chi connectivity index (χ1n) is 10.1. The zero-order valence-corrected chi connectivity index (χ0v) is 20.6. The van der Waals surface area contributed by atoms with Crippen LogP contribution in [0.1, 0.15) is 23.6 Å². The predicted molar refractivity (Wildman–Crippen MR) is 133 cm³/mol. The monoisotopic (exact) mass is 545 g/mol. The molecule has 8 heteroatoms. The molecule has 0 saturated carbocycles. The van der Waals surface area contributed by atoms with Crippen molar-refractivity contribution in [3.05, 3.63) is 97.6 Å². The van der Waals surface area contributed by atoms with Gasteiger partial charge in [0.25, 0.3) is 0 Å². The second-order valence-electron chi connectivity index (χ2n) is 6.99. The molecule has 0 N–H and O–H groups in total. The Kier molecular flexibility index (Phi) is 7.38. The highest BCUT2D eigenvalue weighted by Crippen LogP contribution is 2.38. The lowest BCUT2D eigenvalue weighted by molar-refractivity contribution is -0.129. The van der Waals surface area contributed by atoms with Crippen LogP contribution in [0.3, 0.4) is 0 Å². The van der Waals surface area contributed by atoms with Crippen LogP contribution < -0.4 is 9.47 Å². The first-order chi connectivity index (χ1) is 15.9. The molecule has 0 amide bonds. The molecule has 5 nitrogen and oxygen atoms in total. The van der Waals surface area contributed by atoms with Crippen LogP contribution in [-0.2, 0) is 16.1 Å². The number of ether oxygens (including phenoxy) is 3. The summed E-state index contributed by atoms with van der Waals surface area (Å²) in [6.45, 7) is 2.58. The van der Waals surface area contributed by atoms with Gasteiger partial charge < -0.3 is 14.2 Å². The van der Waals surface area contributed by atoms with Crippen LogP contribution in [0.5, 0.6) is 11.5 Å². The number of cyclic esters (lactones) is 1. The van der Waals surface area contributed by atoms with Gasteiger partial charge in [0.05, 0.1) is 17.2 Å². The summed E-state index contributed by atoms with van der Waals surface area (Å²) in [6.07, 6.45) is 1.60. The Balaban J connectivity index is 1.61. The van der Waals surface area contributed by atoms with Crippen molar-refractivity contribution in [3.63, 3.8) is 0 Å². The summed E-state index contributed by atoms with van der Waals surface area (Å²) in [7, 11) is 0. The van der Waals surface area contributed by atoms with Gasteiger partial charge in [0.2, 0.25) is 5.90 Å². The average molecular weight is 547 g/mol. The van der Waals surface area contributed by atoms with Gasteiger partial charge in [0.15, 0.2) is 17.2 Å². The molecule has 0 radical (unpaired) electrons. The minimum atomic E-state index is -0.544. The molecule has 0 saturated heterocycles. The highest BCUT2D eigenvalue weighted by molar-refractivity contribution is 9.10. The number of carbonyl (C=O) groups excluding carboxylic acids is 1. The van der Waals surface area contributed by atoms with E-state index in [0.717, 1.165) is 10.0 Å². The van der Waals surface area contributed by atoms with Gasteiger partial charge in [0.1, 0.15) is 6.61 Å². The van der Waals surface area contributed by atoms with Crippen molar-refractivity contribution in [1.82, 2.24) is 0 Å². The third-order valence-electron chi connectivity index (χ3n) is 4.66. The fourth-order valence-electron chi connectivity index (χ4n) is 3.13. The van der Waals surface area contributed by atoms with Crippen LogP contribution in [0.2, 0.25) is 10.0 Å². The van der Waals surface area contributed by atoms with E-state index in [0.29, 0.717) is 45.9 Å². The average Bonchev–Trinajstić information content (AvgIpc) is 3.15. The first-order valence-corrected chi connectivity index (χ1v) is 11.6. The van der Waals surface area contributed by atoms with Gasteiger partial charge in [-0.1, -0.05) is 47.5 Å². The Bertz CT molecular complexity index is 1260. The number of rotatable bonds is 7. The van der Waals surface area contributed by atoms with Crippen molar-refractivity contribution in [2.45, 2.75) is 13.5 Å². The summed E-state index contributed by atoms with van der Waals surface area (Å²) in [6, 6.07) is 18.2. The van der Waals surface area contributed by atoms with E-state index in [1.54, 1.807) is 30.3 Å². The highest BCUT2D eigenvalue weighted by Gasteiger charge is 2.25. The minimum absolute atomic E-state index is 0.161. The topological polar surface area (TPSA) is 57.1 Å². The Morgan fingerprint density at radius 3 is 2.55 bits per heavy atom. The molecule has 1 aliphatic rings. The smallest absolute Gasteiger partial charge is 0.363 e. The van der Waals surface area contributed by atoms with Crippen LogP contribution in [0.4, 0.5) is 0 Å². The Morgan fingerprint density at radius 2 is 1.82 bits per heavy atom. The summed E-state index contributed by atoms with van der Waals surface area (Å²) in [5.41, 5.74) is 2.42. The SMILES string of the molecule is CCOc1cc(/C=C2\N=C(c3ccccc3Br)OC2=O)cc(Cl)c1OCc1ccc(Cl)cc1. The molecular formula is C25H18BrCl2NO4. The molecule has 33 heavy (non-hydrogen) atoms. The quantitative estimate of drug-likeness (QED) is 0.235. The van der Waals surface area contributed by atoms with Gasteiger partial charge in [-0.15, -0.1) is 0 Å². The van der Waals surface area contributed by atoms with Crippen LogP contribution in [0, 0.1) is 0 Å². The first kappa shape index (κ1) is 23.4. The van der Waals surface area contributed by atoms with E-state index in [1.807, 2.05) is 43.3 Å². The number of hydrogen-bond acceptors (Lipinski definition) is 5. The van der Waals surface area contributed by atoms with E-state index in [-0.39, 0.29) is 11.6 Å². The zero-order chi connectivity index (χ0) is 23.4. The molecule has 0 bridgehead atoms. The van der Waals surface area contributed by atoms with E-state index in [2.05, 4.69) is 20.9 Å². The molecule has 0 unspecified atom stereocenters. The molecule has 1 heterocycles. The molecule has 3 aromatic carbocycles. The van der Waals surface area contributed by atoms with Crippen LogP contribution >= 0.6 is 39.1 Å². The van der Waals surface area contributed by atoms with E-state index in [4.69, 9.17) is 37.4 Å². The van der Waals surface area contributed by atoms with Gasteiger partial charge in [0, 0.05) is 9.50 Å². The van der Waals surface area contributed by atoms with Gasteiger partial charge in [-0.25, -0.2) is 9.79 Å². The molecule has 168 valence electrons. The molecule has 0 aliphatic carbocycles. The second-order valence-corrected chi connectivity index (χ2v) is 8.69. The van der Waals surface area contributed by atoms with Crippen LogP contribution in [-0.4, -0.2) is 18.5 Å². The van der Waals surface area contributed by atoms with Gasteiger partial charge in [-0.3, -0.25) is 0 Å². The molecule has 0 fully saturated rings. The number of benzene rings is 3. The highest BCUT2D eigenvalue weighted by atomic mass is 79.9. The minimum Gasteiger partial charge on any atom is -0.490 e.